The molecule has 0 aliphatic carbocycles. The minimum absolute atomic E-state index is 0.379. The van der Waals surface area contributed by atoms with Crippen LogP contribution < -0.4 is 0 Å². The first-order valence-corrected chi connectivity index (χ1v) is 5.18. The maximum atomic E-state index is 10.2. The molecule has 0 radical (unpaired) electrons. The van der Waals surface area contributed by atoms with Crippen LogP contribution in [0.15, 0.2) is 12.7 Å². The molecule has 0 unspecified atom stereocenters. The van der Waals surface area contributed by atoms with Gasteiger partial charge in [-0.15, -0.1) is 6.58 Å². The Bertz CT molecular complexity index is 159. The average Bonchev–Trinajstić information content (AvgIpc) is 2.12. The smallest absolute Gasteiger partial charge is 0.0672 e. The molecule has 1 fully saturated rings. The first-order chi connectivity index (χ1) is 6.16. The van der Waals surface area contributed by atoms with Gasteiger partial charge in [-0.1, -0.05) is 6.08 Å². The lowest BCUT2D eigenvalue weighted by Crippen LogP contribution is -2.42. The van der Waals surface area contributed by atoms with Crippen molar-refractivity contribution in [3.05, 3.63) is 12.7 Å². The monoisotopic (exact) mass is 183 g/mol. The maximum Gasteiger partial charge on any atom is 0.0672 e. The molecule has 0 spiro atoms. The highest BCUT2D eigenvalue weighted by Gasteiger charge is 2.29. The number of hydrogen-bond donors (Lipinski definition) is 1. The molecule has 0 atom stereocenters. The van der Waals surface area contributed by atoms with E-state index in [1.54, 1.807) is 0 Å². The quantitative estimate of drug-likeness (QED) is 0.530. The van der Waals surface area contributed by atoms with Crippen LogP contribution in [0.2, 0.25) is 0 Å². The Hall–Kier alpha value is -0.340. The van der Waals surface area contributed by atoms with Crippen molar-refractivity contribution in [2.75, 3.05) is 20.1 Å². The van der Waals surface area contributed by atoms with Gasteiger partial charge in [0.15, 0.2) is 0 Å². The second-order valence-corrected chi connectivity index (χ2v) is 4.21. The number of hydrogen-bond acceptors (Lipinski definition) is 2. The summed E-state index contributed by atoms with van der Waals surface area (Å²) in [7, 11) is 2.11. The van der Waals surface area contributed by atoms with E-state index in [1.807, 2.05) is 6.08 Å². The van der Waals surface area contributed by atoms with E-state index in [0.717, 1.165) is 45.2 Å². The van der Waals surface area contributed by atoms with Crippen molar-refractivity contribution in [1.29, 1.82) is 0 Å². The van der Waals surface area contributed by atoms with Gasteiger partial charge in [0.2, 0.25) is 0 Å². The van der Waals surface area contributed by atoms with Crippen molar-refractivity contribution in [3.8, 4) is 0 Å². The van der Waals surface area contributed by atoms with E-state index < -0.39 is 0 Å². The van der Waals surface area contributed by atoms with Crippen LogP contribution in [0.5, 0.6) is 0 Å². The van der Waals surface area contributed by atoms with Crippen LogP contribution in [0.3, 0.4) is 0 Å². The Labute approximate surface area is 81.2 Å². The second-order valence-electron chi connectivity index (χ2n) is 4.21. The van der Waals surface area contributed by atoms with Gasteiger partial charge in [-0.25, -0.2) is 0 Å². The number of nitrogens with zero attached hydrogens (tertiary/aromatic N) is 1. The van der Waals surface area contributed by atoms with Gasteiger partial charge < -0.3 is 10.0 Å². The third-order valence-corrected chi connectivity index (χ3v) is 2.97. The fourth-order valence-electron chi connectivity index (χ4n) is 1.86. The number of unbranched alkanes of at least 4 members (excludes halogenated alkanes) is 1. The minimum Gasteiger partial charge on any atom is -0.390 e. The molecule has 0 aromatic carbocycles. The predicted molar refractivity (Wildman–Crippen MR) is 55.7 cm³/mol. The first-order valence-electron chi connectivity index (χ1n) is 5.18. The van der Waals surface area contributed by atoms with Gasteiger partial charge in [-0.3, -0.25) is 0 Å². The number of aliphatic hydroxyl groups is 1. The molecule has 2 heteroatoms. The SMILES string of the molecule is C=CCCCC1(O)CCN(C)CC1. The molecule has 0 amide bonds. The zero-order chi connectivity index (χ0) is 9.73. The standard InChI is InChI=1S/C11H21NO/c1-3-4-5-6-11(13)7-9-12(2)10-8-11/h3,13H,1,4-10H2,2H3. The highest BCUT2D eigenvalue weighted by atomic mass is 16.3. The van der Waals surface area contributed by atoms with Gasteiger partial charge in [-0.2, -0.15) is 0 Å². The lowest BCUT2D eigenvalue weighted by atomic mass is 9.87. The van der Waals surface area contributed by atoms with Gasteiger partial charge >= 0.3 is 0 Å². The summed E-state index contributed by atoms with van der Waals surface area (Å²) in [6.07, 6.45) is 6.83. The van der Waals surface area contributed by atoms with Crippen molar-refractivity contribution in [1.82, 2.24) is 4.90 Å². The fraction of sp³-hybridized carbons (Fsp3) is 0.818. The average molecular weight is 183 g/mol. The van der Waals surface area contributed by atoms with Crippen molar-refractivity contribution >= 4 is 0 Å². The molecule has 1 rings (SSSR count). The van der Waals surface area contributed by atoms with Gasteiger partial charge in [0.25, 0.3) is 0 Å². The van der Waals surface area contributed by atoms with Crippen LogP contribution in [-0.4, -0.2) is 35.7 Å². The summed E-state index contributed by atoms with van der Waals surface area (Å²) in [5, 5.41) is 10.2. The van der Waals surface area contributed by atoms with E-state index in [0.29, 0.717) is 0 Å². The maximum absolute atomic E-state index is 10.2. The third-order valence-electron chi connectivity index (χ3n) is 2.97. The molecule has 0 saturated carbocycles. The Morgan fingerprint density at radius 2 is 2.08 bits per heavy atom. The van der Waals surface area contributed by atoms with E-state index in [2.05, 4.69) is 18.5 Å². The summed E-state index contributed by atoms with van der Waals surface area (Å²) in [5.74, 6) is 0. The molecule has 2 nitrogen and oxygen atoms in total. The molecule has 0 aromatic rings. The van der Waals surface area contributed by atoms with Crippen LogP contribution in [0.1, 0.15) is 32.1 Å². The first kappa shape index (κ1) is 10.7. The number of rotatable bonds is 4. The van der Waals surface area contributed by atoms with Crippen LogP contribution in [0, 0.1) is 0 Å². The highest BCUT2D eigenvalue weighted by molar-refractivity contribution is 4.85. The predicted octanol–water partition coefficient (Wildman–Crippen LogP) is 1.80. The molecule has 1 heterocycles. The van der Waals surface area contributed by atoms with Crippen LogP contribution >= 0.6 is 0 Å². The second kappa shape index (κ2) is 4.77. The van der Waals surface area contributed by atoms with Crippen molar-refractivity contribution in [3.63, 3.8) is 0 Å². The number of piperidine rings is 1. The van der Waals surface area contributed by atoms with Gasteiger partial charge in [0.1, 0.15) is 0 Å². The number of allylic oxidation sites excluding steroid dienone is 1. The van der Waals surface area contributed by atoms with Crippen molar-refractivity contribution < 1.29 is 5.11 Å². The van der Waals surface area contributed by atoms with E-state index in [-0.39, 0.29) is 5.60 Å². The topological polar surface area (TPSA) is 23.5 Å². The van der Waals surface area contributed by atoms with E-state index >= 15 is 0 Å². The largest absolute Gasteiger partial charge is 0.390 e. The zero-order valence-corrected chi connectivity index (χ0v) is 8.63. The Kier molecular flexibility index (Phi) is 3.94. The summed E-state index contributed by atoms with van der Waals surface area (Å²) < 4.78 is 0. The molecule has 0 bridgehead atoms. The van der Waals surface area contributed by atoms with Crippen LogP contribution in [0.25, 0.3) is 0 Å². The molecule has 1 aliphatic rings. The lowest BCUT2D eigenvalue weighted by Gasteiger charge is -2.36. The molecular weight excluding hydrogens is 162 g/mol. The molecule has 76 valence electrons. The minimum atomic E-state index is -0.379. The summed E-state index contributed by atoms with van der Waals surface area (Å²) in [5.41, 5.74) is -0.379. The normalized spacial score (nSPS) is 22.9. The summed E-state index contributed by atoms with van der Waals surface area (Å²) >= 11 is 0. The molecule has 1 N–H and O–H groups in total. The van der Waals surface area contributed by atoms with Crippen LogP contribution in [-0.2, 0) is 0 Å². The number of likely N-dealkylation sites (tertiary alicyclic amines) is 1. The van der Waals surface area contributed by atoms with E-state index in [4.69, 9.17) is 0 Å². The van der Waals surface area contributed by atoms with Crippen molar-refractivity contribution in [2.24, 2.45) is 0 Å². The van der Waals surface area contributed by atoms with Crippen molar-refractivity contribution in [2.45, 2.75) is 37.7 Å². The zero-order valence-electron chi connectivity index (χ0n) is 8.63. The van der Waals surface area contributed by atoms with Gasteiger partial charge in [-0.05, 0) is 39.2 Å². The Morgan fingerprint density at radius 1 is 1.46 bits per heavy atom. The molecule has 1 aliphatic heterocycles. The molecule has 13 heavy (non-hydrogen) atoms. The van der Waals surface area contributed by atoms with Crippen LogP contribution in [0.4, 0.5) is 0 Å². The molecule has 1 saturated heterocycles. The fourth-order valence-corrected chi connectivity index (χ4v) is 1.86. The molecule has 0 aromatic heterocycles. The molecular formula is C11H21NO. The summed E-state index contributed by atoms with van der Waals surface area (Å²) in [4.78, 5) is 2.28. The highest BCUT2D eigenvalue weighted by Crippen LogP contribution is 2.26. The van der Waals surface area contributed by atoms with Gasteiger partial charge in [0.05, 0.1) is 5.60 Å². The Balaban J connectivity index is 2.25. The summed E-state index contributed by atoms with van der Waals surface area (Å²) in [6.45, 7) is 5.75. The lowest BCUT2D eigenvalue weighted by molar-refractivity contribution is -0.0234. The van der Waals surface area contributed by atoms with E-state index in [9.17, 15) is 5.11 Å². The third kappa shape index (κ3) is 3.49. The Morgan fingerprint density at radius 3 is 2.62 bits per heavy atom. The van der Waals surface area contributed by atoms with E-state index in [1.165, 1.54) is 0 Å². The summed E-state index contributed by atoms with van der Waals surface area (Å²) in [6, 6.07) is 0. The van der Waals surface area contributed by atoms with Gasteiger partial charge in [0, 0.05) is 13.1 Å².